The monoisotopic (exact) mass is 434 g/mol. The first kappa shape index (κ1) is 18.9. The number of amides is 2. The fourth-order valence-electron chi connectivity index (χ4n) is 2.36. The van der Waals surface area contributed by atoms with E-state index in [0.29, 0.717) is 15.8 Å². The zero-order valence-corrected chi connectivity index (χ0v) is 15.4. The normalized spacial score (nSPS) is 12.5. The summed E-state index contributed by atoms with van der Waals surface area (Å²) in [4.78, 5) is 35.7. The lowest BCUT2D eigenvalue weighted by Crippen LogP contribution is -2.47. The van der Waals surface area contributed by atoms with E-state index in [1.807, 2.05) is 0 Å². The van der Waals surface area contributed by atoms with Gasteiger partial charge in [-0.05, 0) is 30.3 Å². The van der Waals surface area contributed by atoms with Crippen LogP contribution in [0.1, 0.15) is 20.7 Å². The highest BCUT2D eigenvalue weighted by Gasteiger charge is 2.33. The van der Waals surface area contributed by atoms with Gasteiger partial charge in [0.1, 0.15) is 11.6 Å². The van der Waals surface area contributed by atoms with Gasteiger partial charge in [0.05, 0.1) is 24.1 Å². The maximum absolute atomic E-state index is 13.6. The summed E-state index contributed by atoms with van der Waals surface area (Å²) in [5.74, 6) is -2.14. The highest BCUT2D eigenvalue weighted by molar-refractivity contribution is 9.10. The topological polar surface area (TPSA) is 93.7 Å². The van der Waals surface area contributed by atoms with Crippen molar-refractivity contribution in [1.29, 1.82) is 0 Å². The second kappa shape index (κ2) is 8.21. The first-order valence-electron chi connectivity index (χ1n) is 7.90. The highest BCUT2D eigenvalue weighted by atomic mass is 79.9. The largest absolute Gasteiger partial charge is 0.617 e. The number of nitrogens with one attached hydrogen (secondary N) is 2. The Bertz CT molecular complexity index is 911. The van der Waals surface area contributed by atoms with Gasteiger partial charge in [-0.1, -0.05) is 28.1 Å². The Kier molecular flexibility index (Phi) is 5.75. The molecule has 0 fully saturated rings. The lowest BCUT2D eigenvalue weighted by molar-refractivity contribution is -0.119. The summed E-state index contributed by atoms with van der Waals surface area (Å²) in [5, 5.41) is 4.80. The summed E-state index contributed by atoms with van der Waals surface area (Å²) in [6.07, 6.45) is -0.0972. The van der Waals surface area contributed by atoms with Crippen LogP contribution >= 0.6 is 15.9 Å². The highest BCUT2D eigenvalue weighted by Crippen LogP contribution is 2.23. The smallest absolute Gasteiger partial charge is 0.524 e. The fourth-order valence-corrected chi connectivity index (χ4v) is 2.72. The molecular weight excluding hydrogens is 422 g/mol. The third kappa shape index (κ3) is 4.65. The average molecular weight is 435 g/mol. The minimum Gasteiger partial charge on any atom is -0.524 e. The van der Waals surface area contributed by atoms with Crippen molar-refractivity contribution in [3.8, 4) is 5.75 Å². The van der Waals surface area contributed by atoms with E-state index in [-0.39, 0.29) is 18.6 Å². The van der Waals surface area contributed by atoms with Crippen LogP contribution in [-0.2, 0) is 9.45 Å². The van der Waals surface area contributed by atoms with E-state index >= 15 is 0 Å². The van der Waals surface area contributed by atoms with Crippen LogP contribution in [0.3, 0.4) is 0 Å². The molecule has 1 aliphatic rings. The summed E-state index contributed by atoms with van der Waals surface area (Å²) >= 11 is 3.15. The number of rotatable bonds is 5. The van der Waals surface area contributed by atoms with Gasteiger partial charge in [-0.2, -0.15) is 0 Å². The average Bonchev–Trinajstić information content (AvgIpc) is 2.66. The maximum Gasteiger partial charge on any atom is 0.617 e. The van der Waals surface area contributed by atoms with E-state index in [2.05, 4.69) is 26.6 Å². The molecule has 2 aromatic rings. The Balaban J connectivity index is 1.48. The lowest BCUT2D eigenvalue weighted by atomic mass is 9.88. The Morgan fingerprint density at radius 1 is 1.11 bits per heavy atom. The first-order valence-corrected chi connectivity index (χ1v) is 8.70. The van der Waals surface area contributed by atoms with E-state index < -0.39 is 30.7 Å². The molecule has 2 N–H and O–H groups in total. The van der Waals surface area contributed by atoms with Crippen molar-refractivity contribution >= 4 is 40.8 Å². The molecule has 0 atom stereocenters. The van der Waals surface area contributed by atoms with Crippen molar-refractivity contribution in [2.45, 2.75) is 0 Å². The van der Waals surface area contributed by atoms with Gasteiger partial charge in [0.25, 0.3) is 5.91 Å². The quantitative estimate of drug-likeness (QED) is 0.698. The van der Waals surface area contributed by atoms with Crippen molar-refractivity contribution in [2.75, 3.05) is 13.0 Å². The molecule has 0 saturated heterocycles. The van der Waals surface area contributed by atoms with Gasteiger partial charge in [-0.15, -0.1) is 0 Å². The Morgan fingerprint density at radius 2 is 1.89 bits per heavy atom. The zero-order valence-electron chi connectivity index (χ0n) is 13.8. The van der Waals surface area contributed by atoms with Gasteiger partial charge in [0.15, 0.2) is 0 Å². The molecule has 1 heterocycles. The predicted molar refractivity (Wildman–Crippen MR) is 97.7 cm³/mol. The van der Waals surface area contributed by atoms with Gasteiger partial charge in [-0.3, -0.25) is 9.59 Å². The standard InChI is InChI=1S/C17H13BBrFN2O5/c19-10-5-6-13(20)12(7-10)16(24)21-8-15(23)22-9-18-26-14-4-2-1-3-11(14)17(25)27-18/h1-7H,8-9H2,(H,21,24)(H,22,23). The van der Waals surface area contributed by atoms with Crippen LogP contribution < -0.4 is 15.3 Å². The molecule has 2 aromatic carbocycles. The molecule has 0 saturated carbocycles. The lowest BCUT2D eigenvalue weighted by Gasteiger charge is -2.22. The van der Waals surface area contributed by atoms with E-state index in [1.54, 1.807) is 24.3 Å². The van der Waals surface area contributed by atoms with E-state index in [4.69, 9.17) is 9.31 Å². The molecule has 0 unspecified atom stereocenters. The summed E-state index contributed by atoms with van der Waals surface area (Å²) in [6, 6.07) is 10.5. The summed E-state index contributed by atoms with van der Waals surface area (Å²) in [6.45, 7) is -0.373. The molecule has 27 heavy (non-hydrogen) atoms. The van der Waals surface area contributed by atoms with Crippen molar-refractivity contribution in [1.82, 2.24) is 10.6 Å². The molecule has 2 amide bonds. The number of fused-ring (bicyclic) bond motifs is 1. The third-order valence-electron chi connectivity index (χ3n) is 3.65. The fraction of sp³-hybridized carbons (Fsp3) is 0.118. The number of carbonyl (C=O) groups is 3. The minimum absolute atomic E-state index is 0.0972. The first-order chi connectivity index (χ1) is 12.9. The third-order valence-corrected chi connectivity index (χ3v) is 4.15. The Hall–Kier alpha value is -2.88. The predicted octanol–water partition coefficient (Wildman–Crippen LogP) is 1.71. The van der Waals surface area contributed by atoms with Crippen molar-refractivity contribution in [3.63, 3.8) is 0 Å². The number of carbonyl (C=O) groups excluding carboxylic acids is 3. The number of halogens is 2. The van der Waals surface area contributed by atoms with Crippen LogP contribution in [-0.4, -0.2) is 37.9 Å². The van der Waals surface area contributed by atoms with E-state index in [9.17, 15) is 18.8 Å². The molecule has 1 aliphatic heterocycles. The van der Waals surface area contributed by atoms with Crippen molar-refractivity contribution < 1.29 is 28.1 Å². The SMILES string of the molecule is O=C(CNC(=O)c1cc(Br)ccc1F)NCB1OC(=O)c2ccccc2O1. The number of hydrogen-bond donors (Lipinski definition) is 2. The van der Waals surface area contributed by atoms with Crippen LogP contribution in [0, 0.1) is 5.82 Å². The Morgan fingerprint density at radius 3 is 2.70 bits per heavy atom. The van der Waals surface area contributed by atoms with Gasteiger partial charge in [0.2, 0.25) is 5.91 Å². The molecule has 10 heteroatoms. The van der Waals surface area contributed by atoms with Crippen molar-refractivity contribution in [2.24, 2.45) is 0 Å². The van der Waals surface area contributed by atoms with Crippen LogP contribution in [0.5, 0.6) is 5.75 Å². The second-order valence-corrected chi connectivity index (χ2v) is 6.48. The van der Waals surface area contributed by atoms with Gasteiger partial charge >= 0.3 is 13.1 Å². The Labute approximate surface area is 162 Å². The minimum atomic E-state index is -0.977. The molecule has 3 rings (SSSR count). The van der Waals surface area contributed by atoms with Gasteiger partial charge in [-0.25, -0.2) is 9.18 Å². The van der Waals surface area contributed by atoms with E-state index in [0.717, 1.165) is 6.07 Å². The molecule has 0 aliphatic carbocycles. The molecule has 138 valence electrons. The van der Waals surface area contributed by atoms with Crippen LogP contribution in [0.4, 0.5) is 4.39 Å². The van der Waals surface area contributed by atoms with Crippen LogP contribution in [0.25, 0.3) is 0 Å². The number of benzene rings is 2. The summed E-state index contributed by atoms with van der Waals surface area (Å²) < 4.78 is 24.7. The zero-order chi connectivity index (χ0) is 19.4. The molecule has 0 aromatic heterocycles. The van der Waals surface area contributed by atoms with Gasteiger partial charge in [0, 0.05) is 4.47 Å². The molecular formula is C17H13BBrFN2O5. The van der Waals surface area contributed by atoms with E-state index in [1.165, 1.54) is 12.1 Å². The molecule has 0 bridgehead atoms. The molecule has 7 nitrogen and oxygen atoms in total. The summed E-state index contributed by atoms with van der Waals surface area (Å²) in [7, 11) is -0.977. The second-order valence-electron chi connectivity index (χ2n) is 5.56. The summed E-state index contributed by atoms with van der Waals surface area (Å²) in [5.41, 5.74) is 0.127. The number of para-hydroxylation sites is 1. The van der Waals surface area contributed by atoms with Crippen molar-refractivity contribution in [3.05, 3.63) is 63.9 Å². The number of hydrogen-bond acceptors (Lipinski definition) is 5. The maximum atomic E-state index is 13.6. The molecule has 0 spiro atoms. The van der Waals surface area contributed by atoms with Crippen LogP contribution in [0.15, 0.2) is 46.9 Å². The van der Waals surface area contributed by atoms with Gasteiger partial charge < -0.3 is 19.9 Å². The molecule has 0 radical (unpaired) electrons. The van der Waals surface area contributed by atoms with Crippen LogP contribution in [0.2, 0.25) is 0 Å².